The molecule has 2 aliphatic carbocycles. The minimum absolute atomic E-state index is 0.176. The number of hydrogen-bond acceptors (Lipinski definition) is 2. The van der Waals surface area contributed by atoms with Crippen LogP contribution in [0.15, 0.2) is 48.5 Å². The van der Waals surface area contributed by atoms with Crippen molar-refractivity contribution >= 4 is 58.4 Å². The van der Waals surface area contributed by atoms with Crippen LogP contribution in [-0.2, 0) is 9.59 Å². The Morgan fingerprint density at radius 1 is 0.600 bits per heavy atom. The zero-order chi connectivity index (χ0) is 20.8. The van der Waals surface area contributed by atoms with Gasteiger partial charge < -0.3 is 0 Å². The van der Waals surface area contributed by atoms with Crippen molar-refractivity contribution < 1.29 is 9.59 Å². The summed E-state index contributed by atoms with van der Waals surface area (Å²) < 4.78 is 2.69. The monoisotopic (exact) mass is 536 g/mol. The predicted octanol–water partition coefficient (Wildman–Crippen LogP) is 3.22. The molecular formula is C24H28N2O2Se2. The van der Waals surface area contributed by atoms with Crippen LogP contribution in [0.2, 0.25) is 0 Å². The van der Waals surface area contributed by atoms with Crippen molar-refractivity contribution in [2.75, 3.05) is 10.6 Å². The summed E-state index contributed by atoms with van der Waals surface area (Å²) in [6.45, 7) is 0. The molecule has 4 nitrogen and oxygen atoms in total. The van der Waals surface area contributed by atoms with Crippen LogP contribution in [0.1, 0.15) is 51.4 Å². The van der Waals surface area contributed by atoms with Crippen LogP contribution >= 0.6 is 0 Å². The Hall–Kier alpha value is -1.58. The Balaban J connectivity index is 1.24. The van der Waals surface area contributed by atoms with E-state index in [0.29, 0.717) is 26.3 Å². The van der Waals surface area contributed by atoms with Crippen molar-refractivity contribution in [3.8, 4) is 0 Å². The van der Waals surface area contributed by atoms with Crippen LogP contribution in [0.25, 0.3) is 0 Å². The van der Waals surface area contributed by atoms with Gasteiger partial charge in [0.15, 0.2) is 0 Å². The van der Waals surface area contributed by atoms with Gasteiger partial charge in [0.05, 0.1) is 0 Å². The molecule has 2 N–H and O–H groups in total. The van der Waals surface area contributed by atoms with Gasteiger partial charge in [0, 0.05) is 0 Å². The van der Waals surface area contributed by atoms with E-state index in [2.05, 4.69) is 34.9 Å². The second-order valence-electron chi connectivity index (χ2n) is 8.16. The maximum atomic E-state index is 12.2. The molecule has 158 valence electrons. The molecule has 0 aliphatic heterocycles. The molecule has 0 unspecified atom stereocenters. The summed E-state index contributed by atoms with van der Waals surface area (Å²) >= 11 is 0.797. The Bertz CT molecular complexity index is 782. The standard InChI is InChI=1S/C24H28N2O2Se2/c27-23(17-5-1-2-6-17)25-19-9-13-21(14-10-19)29-30-22-15-11-20(12-16-22)26-24(28)18-7-3-4-8-18/h9-18H,1-8H2,(H,25,27)(H,26,28). The molecule has 2 aliphatic rings. The third kappa shape index (κ3) is 5.98. The SMILES string of the molecule is O=C(Nc1ccc([Se][Se]c2ccc(NC(=O)C3CCCC3)cc2)cc1)C1CCCC1. The van der Waals surface area contributed by atoms with E-state index >= 15 is 0 Å². The molecule has 4 rings (SSSR count). The van der Waals surface area contributed by atoms with Crippen molar-refractivity contribution in [2.45, 2.75) is 51.4 Å². The van der Waals surface area contributed by atoms with Gasteiger partial charge in [0.1, 0.15) is 0 Å². The van der Waals surface area contributed by atoms with E-state index in [9.17, 15) is 9.59 Å². The fraction of sp³-hybridized carbons (Fsp3) is 0.417. The molecule has 0 spiro atoms. The molecule has 0 radical (unpaired) electrons. The average molecular weight is 534 g/mol. The summed E-state index contributed by atoms with van der Waals surface area (Å²) in [6, 6.07) is 16.7. The van der Waals surface area contributed by atoms with E-state index in [1.165, 1.54) is 34.6 Å². The number of rotatable bonds is 7. The quantitative estimate of drug-likeness (QED) is 0.537. The third-order valence-corrected chi connectivity index (χ3v) is 13.2. The molecular weight excluding hydrogens is 506 g/mol. The Labute approximate surface area is 189 Å². The van der Waals surface area contributed by atoms with Crippen molar-refractivity contribution in [1.29, 1.82) is 0 Å². The van der Waals surface area contributed by atoms with Crippen LogP contribution in [-0.4, -0.2) is 38.1 Å². The maximum absolute atomic E-state index is 12.2. The van der Waals surface area contributed by atoms with Gasteiger partial charge >= 0.3 is 190 Å². The third-order valence-electron chi connectivity index (χ3n) is 5.93. The molecule has 6 heteroatoms. The van der Waals surface area contributed by atoms with Gasteiger partial charge in [-0.15, -0.1) is 0 Å². The van der Waals surface area contributed by atoms with Crippen LogP contribution in [0.5, 0.6) is 0 Å². The molecule has 2 amide bonds. The van der Waals surface area contributed by atoms with E-state index in [0.717, 1.165) is 37.1 Å². The van der Waals surface area contributed by atoms with E-state index in [4.69, 9.17) is 0 Å². The molecule has 0 saturated heterocycles. The summed E-state index contributed by atoms with van der Waals surface area (Å²) in [5.41, 5.74) is 1.81. The number of carbonyl (C=O) groups excluding carboxylic acids is 2. The molecule has 2 saturated carbocycles. The summed E-state index contributed by atoms with van der Waals surface area (Å²) in [4.78, 5) is 24.5. The van der Waals surface area contributed by atoms with Crippen molar-refractivity contribution in [2.24, 2.45) is 11.8 Å². The normalized spacial score (nSPS) is 17.2. The first-order valence-corrected chi connectivity index (χ1v) is 16.9. The summed E-state index contributed by atoms with van der Waals surface area (Å²) in [7, 11) is 0. The number of carbonyl (C=O) groups is 2. The molecule has 0 aromatic heterocycles. The first-order chi connectivity index (χ1) is 14.7. The number of amides is 2. The molecule has 30 heavy (non-hydrogen) atoms. The Kier molecular flexibility index (Phi) is 7.67. The number of hydrogen-bond donors (Lipinski definition) is 2. The van der Waals surface area contributed by atoms with Crippen molar-refractivity contribution in [3.63, 3.8) is 0 Å². The second kappa shape index (κ2) is 10.6. The molecule has 0 bridgehead atoms. The Morgan fingerprint density at radius 2 is 0.933 bits per heavy atom. The zero-order valence-electron chi connectivity index (χ0n) is 17.1. The van der Waals surface area contributed by atoms with Gasteiger partial charge in [-0.2, -0.15) is 0 Å². The predicted molar refractivity (Wildman–Crippen MR) is 125 cm³/mol. The summed E-state index contributed by atoms with van der Waals surface area (Å²) in [6.07, 6.45) is 8.81. The van der Waals surface area contributed by atoms with Gasteiger partial charge in [0.25, 0.3) is 0 Å². The van der Waals surface area contributed by atoms with Crippen molar-refractivity contribution in [3.05, 3.63) is 48.5 Å². The summed E-state index contributed by atoms with van der Waals surface area (Å²) in [5.74, 6) is 0.747. The van der Waals surface area contributed by atoms with Crippen molar-refractivity contribution in [1.82, 2.24) is 0 Å². The molecule has 0 heterocycles. The number of anilines is 2. The fourth-order valence-electron chi connectivity index (χ4n) is 4.15. The number of benzene rings is 2. The molecule has 2 fully saturated rings. The fourth-order valence-corrected chi connectivity index (χ4v) is 10.1. The molecule has 2 aromatic rings. The summed E-state index contributed by atoms with van der Waals surface area (Å²) in [5, 5.41) is 6.13. The first-order valence-electron chi connectivity index (χ1n) is 10.8. The van der Waals surface area contributed by atoms with Crippen LogP contribution < -0.4 is 19.6 Å². The second-order valence-corrected chi connectivity index (χ2v) is 14.5. The van der Waals surface area contributed by atoms with Gasteiger partial charge in [-0.25, -0.2) is 0 Å². The van der Waals surface area contributed by atoms with Gasteiger partial charge in [-0.1, -0.05) is 0 Å². The van der Waals surface area contributed by atoms with Crippen LogP contribution in [0.3, 0.4) is 0 Å². The van der Waals surface area contributed by atoms with E-state index in [1.807, 2.05) is 24.3 Å². The number of nitrogens with one attached hydrogen (secondary N) is 2. The van der Waals surface area contributed by atoms with E-state index in [1.54, 1.807) is 0 Å². The van der Waals surface area contributed by atoms with Crippen LogP contribution in [0, 0.1) is 11.8 Å². The van der Waals surface area contributed by atoms with E-state index < -0.39 is 0 Å². The zero-order valence-corrected chi connectivity index (χ0v) is 20.5. The van der Waals surface area contributed by atoms with E-state index in [-0.39, 0.29) is 23.7 Å². The molecule has 0 atom stereocenters. The average Bonchev–Trinajstić information content (AvgIpc) is 3.48. The van der Waals surface area contributed by atoms with Gasteiger partial charge in [-0.3, -0.25) is 0 Å². The molecule has 2 aromatic carbocycles. The van der Waals surface area contributed by atoms with Crippen LogP contribution in [0.4, 0.5) is 11.4 Å². The first kappa shape index (κ1) is 21.6. The Morgan fingerprint density at radius 3 is 1.27 bits per heavy atom. The topological polar surface area (TPSA) is 58.2 Å². The minimum atomic E-state index is 0.176. The van der Waals surface area contributed by atoms with Gasteiger partial charge in [-0.05, 0) is 0 Å². The van der Waals surface area contributed by atoms with Gasteiger partial charge in [0.2, 0.25) is 0 Å².